The highest BCUT2D eigenvalue weighted by atomic mass is 32.1. The zero-order chi connectivity index (χ0) is 20.5. The Bertz CT molecular complexity index is 1580. The molecule has 6 aromatic rings. The number of fused-ring (bicyclic) bond motifs is 6. The molecule has 0 unspecified atom stereocenters. The number of furan rings is 1. The lowest BCUT2D eigenvalue weighted by Gasteiger charge is -2.22. The van der Waals surface area contributed by atoms with Crippen LogP contribution in [0.2, 0.25) is 0 Å². The SMILES string of the molecule is CC(C)(C)c1cc(-c2nccc3oc4c5ccsc5ccc4c23)cc2ccccc12. The lowest BCUT2D eigenvalue weighted by Crippen LogP contribution is -2.12. The van der Waals surface area contributed by atoms with Gasteiger partial charge in [0.15, 0.2) is 0 Å². The van der Waals surface area contributed by atoms with Crippen molar-refractivity contribution in [2.45, 2.75) is 26.2 Å². The third-order valence-electron chi connectivity index (χ3n) is 5.92. The molecule has 0 amide bonds. The van der Waals surface area contributed by atoms with Crippen LogP contribution in [0, 0.1) is 0 Å². The van der Waals surface area contributed by atoms with Crippen molar-refractivity contribution in [3.8, 4) is 11.3 Å². The Hall–Kier alpha value is -3.17. The summed E-state index contributed by atoms with van der Waals surface area (Å²) in [5.41, 5.74) is 5.33. The molecule has 0 radical (unpaired) electrons. The van der Waals surface area contributed by atoms with Gasteiger partial charge in [-0.15, -0.1) is 11.3 Å². The van der Waals surface area contributed by atoms with Gasteiger partial charge >= 0.3 is 0 Å². The summed E-state index contributed by atoms with van der Waals surface area (Å²) >= 11 is 1.74. The van der Waals surface area contributed by atoms with Crippen LogP contribution in [0.1, 0.15) is 26.3 Å². The van der Waals surface area contributed by atoms with E-state index in [0.29, 0.717) is 0 Å². The molecule has 0 N–H and O–H groups in total. The molecule has 3 heteroatoms. The average Bonchev–Trinajstić information content (AvgIpc) is 3.36. The summed E-state index contributed by atoms with van der Waals surface area (Å²) < 4.78 is 7.58. The van der Waals surface area contributed by atoms with Crippen molar-refractivity contribution in [3.63, 3.8) is 0 Å². The Morgan fingerprint density at radius 1 is 0.867 bits per heavy atom. The van der Waals surface area contributed by atoms with Gasteiger partial charge in [-0.3, -0.25) is 4.98 Å². The van der Waals surface area contributed by atoms with E-state index in [1.807, 2.05) is 12.3 Å². The van der Waals surface area contributed by atoms with Crippen LogP contribution in [0.5, 0.6) is 0 Å². The van der Waals surface area contributed by atoms with Crippen LogP contribution in [0.15, 0.2) is 76.7 Å². The molecule has 0 atom stereocenters. The van der Waals surface area contributed by atoms with E-state index >= 15 is 0 Å². The Kier molecular flexibility index (Phi) is 3.63. The molecule has 30 heavy (non-hydrogen) atoms. The summed E-state index contributed by atoms with van der Waals surface area (Å²) in [6.45, 7) is 6.81. The fourth-order valence-corrected chi connectivity index (χ4v) is 5.30. The van der Waals surface area contributed by atoms with Crippen LogP contribution in [-0.4, -0.2) is 4.98 Å². The molecule has 2 nitrogen and oxygen atoms in total. The maximum absolute atomic E-state index is 6.34. The van der Waals surface area contributed by atoms with Gasteiger partial charge in [0.2, 0.25) is 0 Å². The first kappa shape index (κ1) is 17.7. The Labute approximate surface area is 178 Å². The Morgan fingerprint density at radius 3 is 2.60 bits per heavy atom. The minimum absolute atomic E-state index is 0.0326. The smallest absolute Gasteiger partial charge is 0.144 e. The number of rotatable bonds is 1. The number of aromatic nitrogens is 1. The summed E-state index contributed by atoms with van der Waals surface area (Å²) in [6, 6.07) is 21.7. The summed E-state index contributed by atoms with van der Waals surface area (Å²) in [5, 5.41) is 8.06. The maximum atomic E-state index is 6.34. The molecule has 3 heterocycles. The molecule has 146 valence electrons. The third-order valence-corrected chi connectivity index (χ3v) is 6.81. The first-order chi connectivity index (χ1) is 14.5. The zero-order valence-corrected chi connectivity index (χ0v) is 18.0. The highest BCUT2D eigenvalue weighted by Gasteiger charge is 2.21. The number of pyridine rings is 1. The van der Waals surface area contributed by atoms with Gasteiger partial charge in [-0.1, -0.05) is 45.0 Å². The minimum Gasteiger partial charge on any atom is -0.455 e. The Balaban J connectivity index is 1.73. The molecule has 0 saturated carbocycles. The van der Waals surface area contributed by atoms with Crippen LogP contribution in [0.3, 0.4) is 0 Å². The summed E-state index contributed by atoms with van der Waals surface area (Å²) in [4.78, 5) is 4.84. The van der Waals surface area contributed by atoms with E-state index in [1.165, 1.54) is 26.4 Å². The monoisotopic (exact) mass is 407 g/mol. The Morgan fingerprint density at radius 2 is 1.73 bits per heavy atom. The lowest BCUT2D eigenvalue weighted by molar-refractivity contribution is 0.596. The average molecular weight is 408 g/mol. The number of thiophene rings is 1. The van der Waals surface area contributed by atoms with E-state index in [-0.39, 0.29) is 5.41 Å². The molecular weight excluding hydrogens is 386 g/mol. The highest BCUT2D eigenvalue weighted by molar-refractivity contribution is 7.17. The third kappa shape index (κ3) is 2.52. The number of hydrogen-bond donors (Lipinski definition) is 0. The quantitative estimate of drug-likeness (QED) is 0.274. The summed E-state index contributed by atoms with van der Waals surface area (Å²) in [5.74, 6) is 0. The molecule has 0 saturated heterocycles. The van der Waals surface area contributed by atoms with E-state index in [4.69, 9.17) is 9.40 Å². The van der Waals surface area contributed by atoms with Crippen LogP contribution in [0.25, 0.3) is 54.1 Å². The van der Waals surface area contributed by atoms with Crippen LogP contribution < -0.4 is 0 Å². The van der Waals surface area contributed by atoms with Crippen molar-refractivity contribution in [2.24, 2.45) is 0 Å². The predicted molar refractivity (Wildman–Crippen MR) is 129 cm³/mol. The van der Waals surface area contributed by atoms with Gasteiger partial charge in [-0.25, -0.2) is 0 Å². The first-order valence-electron chi connectivity index (χ1n) is 10.2. The van der Waals surface area contributed by atoms with Crippen molar-refractivity contribution < 1.29 is 4.42 Å². The van der Waals surface area contributed by atoms with E-state index in [0.717, 1.165) is 33.2 Å². The summed E-state index contributed by atoms with van der Waals surface area (Å²) in [6.07, 6.45) is 1.86. The highest BCUT2D eigenvalue weighted by Crippen LogP contribution is 2.41. The predicted octanol–water partition coefficient (Wildman–Crippen LogP) is 8.31. The summed E-state index contributed by atoms with van der Waals surface area (Å²) in [7, 11) is 0. The molecule has 0 bridgehead atoms. The molecular formula is C27H21NOS. The topological polar surface area (TPSA) is 26.0 Å². The normalized spacial score (nSPS) is 12.5. The van der Waals surface area contributed by atoms with Crippen molar-refractivity contribution >= 4 is 54.1 Å². The fraction of sp³-hybridized carbons (Fsp3) is 0.148. The van der Waals surface area contributed by atoms with Gasteiger partial charge in [0.25, 0.3) is 0 Å². The van der Waals surface area contributed by atoms with E-state index in [1.54, 1.807) is 11.3 Å². The largest absolute Gasteiger partial charge is 0.455 e. The van der Waals surface area contributed by atoms with Crippen molar-refractivity contribution in [3.05, 3.63) is 77.8 Å². The van der Waals surface area contributed by atoms with Crippen LogP contribution >= 0.6 is 11.3 Å². The van der Waals surface area contributed by atoms with Gasteiger partial charge in [0.1, 0.15) is 11.2 Å². The van der Waals surface area contributed by atoms with E-state index in [9.17, 15) is 0 Å². The minimum atomic E-state index is 0.0326. The molecule has 0 aliphatic heterocycles. The van der Waals surface area contributed by atoms with Crippen LogP contribution in [0.4, 0.5) is 0 Å². The fourth-order valence-electron chi connectivity index (χ4n) is 4.51. The van der Waals surface area contributed by atoms with Crippen LogP contribution in [-0.2, 0) is 5.41 Å². The molecule has 0 spiro atoms. The van der Waals surface area contributed by atoms with E-state index in [2.05, 4.69) is 80.7 Å². The van der Waals surface area contributed by atoms with Gasteiger partial charge in [-0.05, 0) is 63.5 Å². The number of benzene rings is 3. The molecule has 6 rings (SSSR count). The van der Waals surface area contributed by atoms with Crippen molar-refractivity contribution in [2.75, 3.05) is 0 Å². The maximum Gasteiger partial charge on any atom is 0.144 e. The lowest BCUT2D eigenvalue weighted by atomic mass is 9.82. The van der Waals surface area contributed by atoms with Gasteiger partial charge in [0, 0.05) is 27.2 Å². The second-order valence-corrected chi connectivity index (χ2v) is 9.85. The number of hydrogen-bond acceptors (Lipinski definition) is 3. The zero-order valence-electron chi connectivity index (χ0n) is 17.2. The van der Waals surface area contributed by atoms with Gasteiger partial charge < -0.3 is 4.42 Å². The second kappa shape index (κ2) is 6.16. The standard InChI is InChI=1S/C27H21NOS/c1-27(2,3)21-15-17(14-16-6-4-5-7-18(16)21)25-24-20-8-9-23-19(11-13-30-23)26(20)29-22(24)10-12-28-25/h4-15H,1-3H3. The second-order valence-electron chi connectivity index (χ2n) is 8.90. The van der Waals surface area contributed by atoms with Gasteiger partial charge in [0.05, 0.1) is 11.1 Å². The molecule has 3 aromatic heterocycles. The van der Waals surface area contributed by atoms with Crippen molar-refractivity contribution in [1.29, 1.82) is 0 Å². The first-order valence-corrected chi connectivity index (χ1v) is 11.1. The molecule has 0 aliphatic rings. The van der Waals surface area contributed by atoms with E-state index < -0.39 is 0 Å². The molecule has 3 aromatic carbocycles. The molecule has 0 fully saturated rings. The van der Waals surface area contributed by atoms with Gasteiger partial charge in [-0.2, -0.15) is 0 Å². The van der Waals surface area contributed by atoms with Crippen molar-refractivity contribution in [1.82, 2.24) is 4.98 Å². The molecule has 0 aliphatic carbocycles. The number of nitrogens with zero attached hydrogens (tertiary/aromatic N) is 1.